The van der Waals surface area contributed by atoms with Gasteiger partial charge in [0.05, 0.1) is 0 Å². The fraction of sp³-hybridized carbons (Fsp3) is 0.125. The zero-order chi connectivity index (χ0) is 16.8. The molecule has 2 aromatic carbocycles. The third-order valence-electron chi connectivity index (χ3n) is 2.94. The molecular weight excluding hydrogens is 372 g/mol. The monoisotopic (exact) mass is 383 g/mol. The molecule has 0 spiro atoms. The minimum Gasteiger partial charge on any atom is -0.452 e. The fourth-order valence-corrected chi connectivity index (χ4v) is 2.21. The summed E-state index contributed by atoms with van der Waals surface area (Å²) in [4.78, 5) is 23.3. The molecule has 7 heteroatoms. The van der Waals surface area contributed by atoms with E-state index in [4.69, 9.17) is 0 Å². The van der Waals surface area contributed by atoms with Gasteiger partial charge in [0.25, 0.3) is 5.91 Å². The highest BCUT2D eigenvalue weighted by Crippen LogP contribution is 2.15. The van der Waals surface area contributed by atoms with E-state index in [1.165, 1.54) is 0 Å². The lowest BCUT2D eigenvalue weighted by molar-refractivity contribution is -0.124. The molecule has 0 atom stereocenters. The molecule has 2 rings (SSSR count). The average molecular weight is 384 g/mol. The first-order chi connectivity index (χ1) is 11.0. The summed E-state index contributed by atoms with van der Waals surface area (Å²) in [7, 11) is 0. The van der Waals surface area contributed by atoms with E-state index in [1.54, 1.807) is 0 Å². The van der Waals surface area contributed by atoms with Crippen molar-refractivity contribution in [2.24, 2.45) is 0 Å². The molecule has 0 aliphatic carbocycles. The summed E-state index contributed by atoms with van der Waals surface area (Å²) in [5.41, 5.74) is 0.0263. The highest BCUT2D eigenvalue weighted by molar-refractivity contribution is 9.10. The van der Waals surface area contributed by atoms with Gasteiger partial charge in [-0.1, -0.05) is 40.2 Å². The Morgan fingerprint density at radius 1 is 1.04 bits per heavy atom. The van der Waals surface area contributed by atoms with E-state index in [-0.39, 0.29) is 6.54 Å². The second kappa shape index (κ2) is 7.82. The molecule has 0 aliphatic rings. The first-order valence-electron chi connectivity index (χ1n) is 6.60. The number of esters is 1. The summed E-state index contributed by atoms with van der Waals surface area (Å²) >= 11 is 3.34. The third-order valence-corrected chi connectivity index (χ3v) is 3.71. The molecule has 0 bridgehead atoms. The van der Waals surface area contributed by atoms with Crippen molar-refractivity contribution in [3.63, 3.8) is 0 Å². The second-order valence-corrected chi connectivity index (χ2v) is 5.40. The number of ether oxygens (including phenoxy) is 1. The number of amides is 1. The zero-order valence-electron chi connectivity index (χ0n) is 11.8. The summed E-state index contributed by atoms with van der Waals surface area (Å²) in [6.45, 7) is -0.400. The number of carbonyl (C=O) groups excluding carboxylic acids is 2. The van der Waals surface area contributed by atoms with E-state index >= 15 is 0 Å². The van der Waals surface area contributed by atoms with E-state index in [9.17, 15) is 18.4 Å². The largest absolute Gasteiger partial charge is 0.452 e. The van der Waals surface area contributed by atoms with Gasteiger partial charge in [-0.3, -0.25) is 4.79 Å². The maximum absolute atomic E-state index is 13.4. The molecule has 0 aromatic heterocycles. The van der Waals surface area contributed by atoms with Crippen LogP contribution in [0.5, 0.6) is 0 Å². The van der Waals surface area contributed by atoms with Gasteiger partial charge in [-0.05, 0) is 23.8 Å². The number of halogens is 3. The van der Waals surface area contributed by atoms with Crippen LogP contribution in [0, 0.1) is 11.6 Å². The van der Waals surface area contributed by atoms with Gasteiger partial charge in [0.15, 0.2) is 6.61 Å². The minimum absolute atomic E-state index is 0.228. The molecule has 2 aromatic rings. The van der Waals surface area contributed by atoms with Crippen LogP contribution in [0.3, 0.4) is 0 Å². The lowest BCUT2D eigenvalue weighted by atomic mass is 10.2. The third kappa shape index (κ3) is 4.59. The average Bonchev–Trinajstić information content (AvgIpc) is 2.52. The van der Waals surface area contributed by atoms with Crippen molar-refractivity contribution in [2.45, 2.75) is 6.54 Å². The lowest BCUT2D eigenvalue weighted by Crippen LogP contribution is -2.28. The Morgan fingerprint density at radius 3 is 2.35 bits per heavy atom. The van der Waals surface area contributed by atoms with E-state index in [2.05, 4.69) is 26.0 Å². The predicted molar refractivity (Wildman–Crippen MR) is 82.6 cm³/mol. The molecule has 1 amide bonds. The van der Waals surface area contributed by atoms with Crippen LogP contribution in [0.2, 0.25) is 0 Å². The fourth-order valence-electron chi connectivity index (χ4n) is 1.78. The molecule has 4 nitrogen and oxygen atoms in total. The molecule has 0 heterocycles. The molecule has 0 saturated carbocycles. The molecule has 0 aliphatic heterocycles. The number of rotatable bonds is 5. The number of carbonyl (C=O) groups is 2. The number of hydrogen-bond donors (Lipinski definition) is 1. The van der Waals surface area contributed by atoms with Crippen molar-refractivity contribution in [1.82, 2.24) is 5.32 Å². The van der Waals surface area contributed by atoms with Crippen LogP contribution in [0.15, 0.2) is 46.9 Å². The molecule has 0 fully saturated rings. The van der Waals surface area contributed by atoms with Crippen LogP contribution in [0.25, 0.3) is 0 Å². The van der Waals surface area contributed by atoms with Crippen LogP contribution in [0.1, 0.15) is 15.9 Å². The van der Waals surface area contributed by atoms with Crippen LogP contribution in [-0.2, 0) is 16.1 Å². The molecule has 1 N–H and O–H groups in total. The van der Waals surface area contributed by atoms with Gasteiger partial charge in [0.1, 0.15) is 17.2 Å². The standard InChI is InChI=1S/C16H12BrF2NO3/c17-11-5-2-1-4-10(11)8-20-14(21)9-23-16(22)15-12(18)6-3-7-13(15)19/h1-7H,8-9H2,(H,20,21). The van der Waals surface area contributed by atoms with Gasteiger partial charge >= 0.3 is 5.97 Å². The summed E-state index contributed by atoms with van der Waals surface area (Å²) in [5.74, 6) is -3.88. The van der Waals surface area contributed by atoms with Gasteiger partial charge in [-0.2, -0.15) is 0 Å². The Hall–Kier alpha value is -2.28. The van der Waals surface area contributed by atoms with E-state index < -0.39 is 35.7 Å². The molecule has 0 radical (unpaired) electrons. The van der Waals surface area contributed by atoms with Gasteiger partial charge < -0.3 is 10.1 Å². The zero-order valence-corrected chi connectivity index (χ0v) is 13.4. The molecule has 0 unspecified atom stereocenters. The van der Waals surface area contributed by atoms with Crippen molar-refractivity contribution in [1.29, 1.82) is 0 Å². The van der Waals surface area contributed by atoms with Gasteiger partial charge in [-0.15, -0.1) is 0 Å². The maximum Gasteiger partial charge on any atom is 0.344 e. The minimum atomic E-state index is -1.23. The summed E-state index contributed by atoms with van der Waals surface area (Å²) in [6.07, 6.45) is 0. The van der Waals surface area contributed by atoms with Gasteiger partial charge in [-0.25, -0.2) is 13.6 Å². The van der Waals surface area contributed by atoms with Crippen LogP contribution < -0.4 is 5.32 Å². The van der Waals surface area contributed by atoms with Crippen molar-refractivity contribution in [3.8, 4) is 0 Å². The number of benzene rings is 2. The number of hydrogen-bond acceptors (Lipinski definition) is 3. The quantitative estimate of drug-likeness (QED) is 0.806. The van der Waals surface area contributed by atoms with E-state index in [0.29, 0.717) is 0 Å². The normalized spacial score (nSPS) is 10.2. The Kier molecular flexibility index (Phi) is 5.81. The molecular formula is C16H12BrF2NO3. The Bertz CT molecular complexity index is 717. The van der Waals surface area contributed by atoms with Crippen molar-refractivity contribution >= 4 is 27.8 Å². The predicted octanol–water partition coefficient (Wildman–Crippen LogP) is 3.20. The SMILES string of the molecule is O=C(COC(=O)c1c(F)cccc1F)NCc1ccccc1Br. The van der Waals surface area contributed by atoms with Crippen molar-refractivity contribution in [2.75, 3.05) is 6.61 Å². The topological polar surface area (TPSA) is 55.4 Å². The van der Waals surface area contributed by atoms with E-state index in [1.807, 2.05) is 24.3 Å². The smallest absolute Gasteiger partial charge is 0.344 e. The molecule has 23 heavy (non-hydrogen) atoms. The Morgan fingerprint density at radius 2 is 1.70 bits per heavy atom. The van der Waals surface area contributed by atoms with Gasteiger partial charge in [0, 0.05) is 11.0 Å². The van der Waals surface area contributed by atoms with Crippen molar-refractivity contribution < 1.29 is 23.1 Å². The molecule has 120 valence electrons. The lowest BCUT2D eigenvalue weighted by Gasteiger charge is -2.08. The van der Waals surface area contributed by atoms with Gasteiger partial charge in [0.2, 0.25) is 0 Å². The Balaban J connectivity index is 1.87. The highest BCUT2D eigenvalue weighted by Gasteiger charge is 2.19. The van der Waals surface area contributed by atoms with Crippen LogP contribution >= 0.6 is 15.9 Å². The van der Waals surface area contributed by atoms with E-state index in [0.717, 1.165) is 28.2 Å². The molecule has 0 saturated heterocycles. The number of nitrogens with one attached hydrogen (secondary N) is 1. The summed E-state index contributed by atoms with van der Waals surface area (Å²) < 4.78 is 32.2. The second-order valence-electron chi connectivity index (χ2n) is 4.54. The Labute approximate surface area is 139 Å². The van der Waals surface area contributed by atoms with Crippen molar-refractivity contribution in [3.05, 3.63) is 69.7 Å². The van der Waals surface area contributed by atoms with Crippen LogP contribution in [0.4, 0.5) is 8.78 Å². The summed E-state index contributed by atoms with van der Waals surface area (Å²) in [6, 6.07) is 10.3. The first kappa shape index (κ1) is 17.1. The first-order valence-corrected chi connectivity index (χ1v) is 7.39. The maximum atomic E-state index is 13.4. The summed E-state index contributed by atoms with van der Waals surface area (Å²) in [5, 5.41) is 2.54. The van der Waals surface area contributed by atoms with Crippen LogP contribution in [-0.4, -0.2) is 18.5 Å². The highest BCUT2D eigenvalue weighted by atomic mass is 79.9.